The van der Waals surface area contributed by atoms with Crippen LogP contribution in [0.5, 0.6) is 0 Å². The minimum absolute atomic E-state index is 0.0235. The third-order valence-corrected chi connectivity index (χ3v) is 5.74. The number of nitrogens with zero attached hydrogens (tertiary/aromatic N) is 4. The number of alkyl halides is 2. The number of allylic oxidation sites excluding steroid dienone is 1. The van der Waals surface area contributed by atoms with E-state index in [2.05, 4.69) is 10.2 Å². The molecule has 2 aliphatic rings. The Balaban J connectivity index is 1.50. The zero-order valence-corrected chi connectivity index (χ0v) is 16.6. The van der Waals surface area contributed by atoms with Gasteiger partial charge in [0.05, 0.1) is 6.54 Å². The maximum Gasteiger partial charge on any atom is 0.304 e. The number of carbonyl (C=O) groups is 1. The fraction of sp³-hybridized carbons (Fsp3) is 0.450. The molecule has 0 fully saturated rings. The standard InChI is InChI=1S/C20H20F5N5O/c1-20(24,25)19-28-27-17-9-29(4-5-30(17)19)18(31)10-2-3-11(16(26)6-10)12-7-14(22)15(23)8-13(12)21/h2,7-8,11,16H,3-6,9,26H2,1H3/t11?,16-/m0/s1. The van der Waals surface area contributed by atoms with Gasteiger partial charge in [0.15, 0.2) is 17.5 Å². The zero-order valence-electron chi connectivity index (χ0n) is 16.6. The number of nitrogens with two attached hydrogens (primary N) is 1. The van der Waals surface area contributed by atoms with Crippen LogP contribution in [0.1, 0.15) is 42.9 Å². The van der Waals surface area contributed by atoms with Crippen LogP contribution in [0, 0.1) is 17.5 Å². The molecule has 2 atom stereocenters. The monoisotopic (exact) mass is 441 g/mol. The van der Waals surface area contributed by atoms with Gasteiger partial charge in [0.25, 0.3) is 0 Å². The highest BCUT2D eigenvalue weighted by Crippen LogP contribution is 2.35. The fourth-order valence-electron chi connectivity index (χ4n) is 4.14. The number of benzene rings is 1. The summed E-state index contributed by atoms with van der Waals surface area (Å²) in [4.78, 5) is 14.4. The molecule has 0 spiro atoms. The topological polar surface area (TPSA) is 77.0 Å². The minimum Gasteiger partial charge on any atom is -0.330 e. The van der Waals surface area contributed by atoms with E-state index < -0.39 is 41.2 Å². The van der Waals surface area contributed by atoms with E-state index in [1.807, 2.05) is 0 Å². The van der Waals surface area contributed by atoms with Crippen molar-refractivity contribution >= 4 is 5.91 Å². The molecule has 0 saturated heterocycles. The number of amides is 1. The van der Waals surface area contributed by atoms with E-state index in [-0.39, 0.29) is 49.8 Å². The van der Waals surface area contributed by atoms with Crippen molar-refractivity contribution in [1.29, 1.82) is 0 Å². The summed E-state index contributed by atoms with van der Waals surface area (Å²) in [5.41, 5.74) is 6.52. The second-order valence-corrected chi connectivity index (χ2v) is 7.93. The highest BCUT2D eigenvalue weighted by atomic mass is 19.3. The molecule has 1 unspecified atom stereocenters. The molecule has 31 heavy (non-hydrogen) atoms. The molecule has 1 amide bonds. The van der Waals surface area contributed by atoms with Crippen LogP contribution in [0.2, 0.25) is 0 Å². The van der Waals surface area contributed by atoms with E-state index >= 15 is 0 Å². The lowest BCUT2D eigenvalue weighted by molar-refractivity contribution is -0.129. The van der Waals surface area contributed by atoms with Crippen LogP contribution in [0.3, 0.4) is 0 Å². The molecule has 4 rings (SSSR count). The Bertz CT molecular complexity index is 1060. The van der Waals surface area contributed by atoms with Crippen LogP contribution in [0.15, 0.2) is 23.8 Å². The summed E-state index contributed by atoms with van der Waals surface area (Å²) in [5.74, 6) is -7.57. The number of rotatable bonds is 3. The minimum atomic E-state index is -3.14. The zero-order chi connectivity index (χ0) is 22.5. The number of halogens is 5. The molecule has 1 aromatic carbocycles. The van der Waals surface area contributed by atoms with Crippen molar-refractivity contribution in [2.75, 3.05) is 6.54 Å². The van der Waals surface area contributed by atoms with Gasteiger partial charge in [-0.1, -0.05) is 6.08 Å². The highest BCUT2D eigenvalue weighted by molar-refractivity contribution is 5.93. The Kier molecular flexibility index (Phi) is 5.32. The maximum atomic E-state index is 14.1. The lowest BCUT2D eigenvalue weighted by atomic mass is 9.80. The summed E-state index contributed by atoms with van der Waals surface area (Å²) in [5, 5.41) is 7.33. The largest absolute Gasteiger partial charge is 0.330 e. The molecule has 0 bridgehead atoms. The van der Waals surface area contributed by atoms with Gasteiger partial charge in [0.1, 0.15) is 5.82 Å². The maximum absolute atomic E-state index is 14.1. The number of aromatic nitrogens is 3. The quantitative estimate of drug-likeness (QED) is 0.587. The van der Waals surface area contributed by atoms with Gasteiger partial charge in [-0.2, -0.15) is 8.78 Å². The van der Waals surface area contributed by atoms with Gasteiger partial charge in [0.2, 0.25) is 11.7 Å². The van der Waals surface area contributed by atoms with E-state index in [1.165, 1.54) is 9.47 Å². The first-order valence-electron chi connectivity index (χ1n) is 9.75. The van der Waals surface area contributed by atoms with Gasteiger partial charge < -0.3 is 15.2 Å². The van der Waals surface area contributed by atoms with E-state index in [9.17, 15) is 26.7 Å². The molecule has 0 saturated carbocycles. The molecule has 1 aliphatic heterocycles. The third-order valence-electron chi connectivity index (χ3n) is 5.74. The van der Waals surface area contributed by atoms with Crippen molar-refractivity contribution in [3.05, 3.63) is 58.4 Å². The molecule has 2 N–H and O–H groups in total. The molecule has 1 aliphatic carbocycles. The SMILES string of the molecule is CC(F)(F)c1nnc2n1CCN(C(=O)C1=CCC(c3cc(F)c(F)cc3F)[C@@H](N)C1)C2. The van der Waals surface area contributed by atoms with Crippen molar-refractivity contribution in [1.82, 2.24) is 19.7 Å². The van der Waals surface area contributed by atoms with Gasteiger partial charge in [-0.15, -0.1) is 10.2 Å². The first-order chi connectivity index (χ1) is 14.6. The summed E-state index contributed by atoms with van der Waals surface area (Å²) >= 11 is 0. The van der Waals surface area contributed by atoms with Crippen LogP contribution >= 0.6 is 0 Å². The summed E-state index contributed by atoms with van der Waals surface area (Å²) in [6.45, 7) is 1.09. The molecular formula is C20H20F5N5O. The number of hydrogen-bond acceptors (Lipinski definition) is 4. The first-order valence-corrected chi connectivity index (χ1v) is 9.75. The van der Waals surface area contributed by atoms with Crippen molar-refractivity contribution in [3.63, 3.8) is 0 Å². The molecule has 2 heterocycles. The summed E-state index contributed by atoms with van der Waals surface area (Å²) in [7, 11) is 0. The Labute approximate surface area is 174 Å². The number of carbonyl (C=O) groups excluding carboxylic acids is 1. The van der Waals surface area contributed by atoms with Crippen molar-refractivity contribution < 1.29 is 26.7 Å². The van der Waals surface area contributed by atoms with Crippen LogP contribution < -0.4 is 5.73 Å². The van der Waals surface area contributed by atoms with Gasteiger partial charge in [-0.05, 0) is 24.5 Å². The fourth-order valence-corrected chi connectivity index (χ4v) is 4.14. The predicted molar refractivity (Wildman–Crippen MR) is 99.4 cm³/mol. The van der Waals surface area contributed by atoms with Crippen molar-refractivity contribution in [2.24, 2.45) is 5.73 Å². The molecule has 1 aromatic heterocycles. The van der Waals surface area contributed by atoms with E-state index in [0.717, 1.165) is 13.0 Å². The lowest BCUT2D eigenvalue weighted by Gasteiger charge is -2.33. The average Bonchev–Trinajstić information content (AvgIpc) is 3.14. The van der Waals surface area contributed by atoms with Gasteiger partial charge in [-0.3, -0.25) is 4.79 Å². The van der Waals surface area contributed by atoms with Crippen LogP contribution in [0.25, 0.3) is 0 Å². The lowest BCUT2D eigenvalue weighted by Crippen LogP contribution is -2.42. The second kappa shape index (κ2) is 7.70. The van der Waals surface area contributed by atoms with E-state index in [0.29, 0.717) is 11.6 Å². The summed E-state index contributed by atoms with van der Waals surface area (Å²) in [6, 6.07) is 0.607. The van der Waals surface area contributed by atoms with E-state index in [1.54, 1.807) is 6.08 Å². The van der Waals surface area contributed by atoms with Crippen LogP contribution in [-0.2, 0) is 23.8 Å². The first kappa shape index (κ1) is 21.4. The normalized spacial score (nSPS) is 21.6. The van der Waals surface area contributed by atoms with Gasteiger partial charge in [0, 0.05) is 43.6 Å². The molecule has 6 nitrogen and oxygen atoms in total. The van der Waals surface area contributed by atoms with Crippen LogP contribution in [-0.4, -0.2) is 38.2 Å². The second-order valence-electron chi connectivity index (χ2n) is 7.93. The summed E-state index contributed by atoms with van der Waals surface area (Å²) < 4.78 is 69.5. The van der Waals surface area contributed by atoms with Crippen molar-refractivity contribution in [2.45, 2.75) is 50.7 Å². The van der Waals surface area contributed by atoms with Gasteiger partial charge >= 0.3 is 5.92 Å². The number of fused-ring (bicyclic) bond motifs is 1. The highest BCUT2D eigenvalue weighted by Gasteiger charge is 2.36. The Morgan fingerprint density at radius 2 is 1.84 bits per heavy atom. The van der Waals surface area contributed by atoms with Gasteiger partial charge in [-0.25, -0.2) is 13.2 Å². The Morgan fingerprint density at radius 1 is 1.13 bits per heavy atom. The average molecular weight is 441 g/mol. The predicted octanol–water partition coefficient (Wildman–Crippen LogP) is 2.98. The molecule has 2 aromatic rings. The third kappa shape index (κ3) is 3.93. The molecule has 11 heteroatoms. The smallest absolute Gasteiger partial charge is 0.304 e. The van der Waals surface area contributed by atoms with Crippen LogP contribution in [0.4, 0.5) is 22.0 Å². The Hall–Kier alpha value is -2.82. The van der Waals surface area contributed by atoms with Crippen molar-refractivity contribution in [3.8, 4) is 0 Å². The van der Waals surface area contributed by atoms with E-state index in [4.69, 9.17) is 5.73 Å². The summed E-state index contributed by atoms with van der Waals surface area (Å²) in [6.07, 6.45) is 1.91. The number of hydrogen-bond donors (Lipinski definition) is 1. The Morgan fingerprint density at radius 3 is 2.52 bits per heavy atom. The molecule has 0 radical (unpaired) electrons. The molecule has 166 valence electrons. The molecular weight excluding hydrogens is 421 g/mol.